The molecule has 0 aliphatic rings. The molecule has 30 heavy (non-hydrogen) atoms. The van der Waals surface area contributed by atoms with E-state index in [0.29, 0.717) is 11.1 Å². The number of hydrogen-bond donors (Lipinski definition) is 3. The highest BCUT2D eigenvalue weighted by Gasteiger charge is 2.25. The number of nitrogens with zero attached hydrogens (tertiary/aromatic N) is 1. The van der Waals surface area contributed by atoms with Crippen LogP contribution in [0.2, 0.25) is 0 Å². The van der Waals surface area contributed by atoms with Crippen LogP contribution in [0.4, 0.5) is 5.69 Å². The topological polar surface area (TPSA) is 90.5 Å². The summed E-state index contributed by atoms with van der Waals surface area (Å²) in [6, 6.07) is 15.1. The fourth-order valence-electron chi connectivity index (χ4n) is 3.03. The maximum Gasteiger partial charge on any atom is 0.269 e. The van der Waals surface area contributed by atoms with E-state index in [1.54, 1.807) is 36.4 Å². The van der Waals surface area contributed by atoms with Gasteiger partial charge in [-0.25, -0.2) is 0 Å². The Bertz CT molecular complexity index is 847. The van der Waals surface area contributed by atoms with Gasteiger partial charge < -0.3 is 10.2 Å². The van der Waals surface area contributed by atoms with Gasteiger partial charge in [0, 0.05) is 29.9 Å². The molecule has 0 saturated heterocycles. The Morgan fingerprint density at radius 3 is 1.90 bits per heavy atom. The van der Waals surface area contributed by atoms with Crippen molar-refractivity contribution in [2.24, 2.45) is 5.92 Å². The summed E-state index contributed by atoms with van der Waals surface area (Å²) in [5.41, 5.74) is 6.76. The molecule has 0 bridgehead atoms. The first kappa shape index (κ1) is 22.9. The Morgan fingerprint density at radius 2 is 1.37 bits per heavy atom. The SMILES string of the molecule is CCN(CC)c1ccc(C(=O)NNC(=O)[C@H](NC(=O)c2ccccc2)C(C)C)cc1. The van der Waals surface area contributed by atoms with Gasteiger partial charge in [-0.3, -0.25) is 25.2 Å². The number of carbonyl (C=O) groups is 3. The van der Waals surface area contributed by atoms with Crippen molar-refractivity contribution in [3.63, 3.8) is 0 Å². The van der Waals surface area contributed by atoms with E-state index in [1.165, 1.54) is 0 Å². The first-order chi connectivity index (χ1) is 14.4. The van der Waals surface area contributed by atoms with Crippen LogP contribution >= 0.6 is 0 Å². The Morgan fingerprint density at radius 1 is 0.800 bits per heavy atom. The average molecular weight is 411 g/mol. The third-order valence-corrected chi connectivity index (χ3v) is 4.83. The number of nitrogens with one attached hydrogen (secondary N) is 3. The second kappa shape index (κ2) is 11.0. The predicted molar refractivity (Wildman–Crippen MR) is 118 cm³/mol. The van der Waals surface area contributed by atoms with Crippen molar-refractivity contribution in [2.45, 2.75) is 33.7 Å². The van der Waals surface area contributed by atoms with Crippen LogP contribution < -0.4 is 21.1 Å². The Kier molecular flexibility index (Phi) is 8.41. The minimum absolute atomic E-state index is 0.164. The standard InChI is InChI=1S/C23H30N4O3/c1-5-27(6-2)19-14-12-18(13-15-19)22(29)25-26-23(30)20(16(3)4)24-21(28)17-10-8-7-9-11-17/h7-16,20H,5-6H2,1-4H3,(H,24,28)(H,25,29)(H,26,30)/t20-/m1/s1. The summed E-state index contributed by atoms with van der Waals surface area (Å²) in [6.45, 7) is 9.54. The molecule has 0 spiro atoms. The van der Waals surface area contributed by atoms with Crippen molar-refractivity contribution in [1.29, 1.82) is 0 Å². The summed E-state index contributed by atoms with van der Waals surface area (Å²) in [6.07, 6.45) is 0. The minimum Gasteiger partial charge on any atom is -0.372 e. The van der Waals surface area contributed by atoms with Crippen LogP contribution in [-0.4, -0.2) is 36.9 Å². The molecule has 0 heterocycles. The van der Waals surface area contributed by atoms with Crippen LogP contribution in [0.5, 0.6) is 0 Å². The molecule has 7 nitrogen and oxygen atoms in total. The number of hydrazine groups is 1. The molecule has 160 valence electrons. The van der Waals surface area contributed by atoms with Gasteiger partial charge in [0.2, 0.25) is 0 Å². The molecule has 0 aliphatic carbocycles. The summed E-state index contributed by atoms with van der Waals surface area (Å²) in [4.78, 5) is 39.5. The molecule has 1 atom stereocenters. The van der Waals surface area contributed by atoms with Gasteiger partial charge in [0.25, 0.3) is 17.7 Å². The Hall–Kier alpha value is -3.35. The molecule has 2 aromatic rings. The molecule has 0 aromatic heterocycles. The fourth-order valence-corrected chi connectivity index (χ4v) is 3.03. The molecule has 0 radical (unpaired) electrons. The van der Waals surface area contributed by atoms with Crippen LogP contribution in [0.1, 0.15) is 48.4 Å². The normalized spacial score (nSPS) is 11.5. The molecule has 0 aliphatic heterocycles. The number of hydrogen-bond acceptors (Lipinski definition) is 4. The van der Waals surface area contributed by atoms with Gasteiger partial charge in [0.15, 0.2) is 0 Å². The zero-order valence-electron chi connectivity index (χ0n) is 17.9. The highest BCUT2D eigenvalue weighted by molar-refractivity contribution is 5.99. The maximum absolute atomic E-state index is 12.6. The minimum atomic E-state index is -0.789. The number of amides is 3. The largest absolute Gasteiger partial charge is 0.372 e. The Labute approximate surface area is 177 Å². The number of anilines is 1. The van der Waals surface area contributed by atoms with Crippen molar-refractivity contribution in [2.75, 3.05) is 18.0 Å². The molecule has 0 unspecified atom stereocenters. The maximum atomic E-state index is 12.6. The van der Waals surface area contributed by atoms with E-state index in [-0.39, 0.29) is 11.8 Å². The molecule has 3 N–H and O–H groups in total. The first-order valence-electron chi connectivity index (χ1n) is 10.2. The van der Waals surface area contributed by atoms with E-state index in [9.17, 15) is 14.4 Å². The van der Waals surface area contributed by atoms with Crippen molar-refractivity contribution in [3.8, 4) is 0 Å². The molecule has 3 amide bonds. The summed E-state index contributed by atoms with van der Waals surface area (Å²) in [7, 11) is 0. The molecule has 0 saturated carbocycles. The van der Waals surface area contributed by atoms with Gasteiger partial charge in [-0.1, -0.05) is 32.0 Å². The lowest BCUT2D eigenvalue weighted by Crippen LogP contribution is -2.54. The summed E-state index contributed by atoms with van der Waals surface area (Å²) < 4.78 is 0. The van der Waals surface area contributed by atoms with Crippen LogP contribution in [-0.2, 0) is 4.79 Å². The lowest BCUT2D eigenvalue weighted by Gasteiger charge is -2.22. The zero-order chi connectivity index (χ0) is 22.1. The number of benzene rings is 2. The van der Waals surface area contributed by atoms with Gasteiger partial charge >= 0.3 is 0 Å². The number of rotatable bonds is 8. The third kappa shape index (κ3) is 6.07. The number of carbonyl (C=O) groups excluding carboxylic acids is 3. The second-order valence-electron chi connectivity index (χ2n) is 7.22. The molecule has 7 heteroatoms. The smallest absolute Gasteiger partial charge is 0.269 e. The third-order valence-electron chi connectivity index (χ3n) is 4.83. The van der Waals surface area contributed by atoms with Crippen molar-refractivity contribution >= 4 is 23.4 Å². The molecule has 2 aromatic carbocycles. The zero-order valence-corrected chi connectivity index (χ0v) is 17.9. The van der Waals surface area contributed by atoms with E-state index >= 15 is 0 Å². The quantitative estimate of drug-likeness (QED) is 0.584. The van der Waals surface area contributed by atoms with E-state index in [4.69, 9.17) is 0 Å². The lowest BCUT2D eigenvalue weighted by molar-refractivity contribution is -0.124. The van der Waals surface area contributed by atoms with Gasteiger partial charge in [-0.05, 0) is 56.2 Å². The highest BCUT2D eigenvalue weighted by atomic mass is 16.2. The van der Waals surface area contributed by atoms with Gasteiger partial charge in [-0.2, -0.15) is 0 Å². The second-order valence-corrected chi connectivity index (χ2v) is 7.22. The van der Waals surface area contributed by atoms with Gasteiger partial charge in [0.1, 0.15) is 6.04 Å². The average Bonchev–Trinajstić information content (AvgIpc) is 2.77. The molecule has 2 rings (SSSR count). The van der Waals surface area contributed by atoms with Crippen LogP contribution in [0.25, 0.3) is 0 Å². The Balaban J connectivity index is 1.96. The van der Waals surface area contributed by atoms with E-state index in [1.807, 2.05) is 32.0 Å². The first-order valence-corrected chi connectivity index (χ1v) is 10.2. The van der Waals surface area contributed by atoms with Crippen LogP contribution in [0.15, 0.2) is 54.6 Å². The monoisotopic (exact) mass is 410 g/mol. The molecule has 0 fully saturated rings. The lowest BCUT2D eigenvalue weighted by atomic mass is 10.0. The van der Waals surface area contributed by atoms with Gasteiger partial charge in [0.05, 0.1) is 0 Å². The van der Waals surface area contributed by atoms with Crippen molar-refractivity contribution in [1.82, 2.24) is 16.2 Å². The summed E-state index contributed by atoms with van der Waals surface area (Å²) >= 11 is 0. The molecular formula is C23H30N4O3. The highest BCUT2D eigenvalue weighted by Crippen LogP contribution is 2.14. The van der Waals surface area contributed by atoms with Crippen molar-refractivity contribution in [3.05, 3.63) is 65.7 Å². The van der Waals surface area contributed by atoms with Crippen LogP contribution in [0, 0.1) is 5.92 Å². The predicted octanol–water partition coefficient (Wildman–Crippen LogP) is 2.75. The molecular weight excluding hydrogens is 380 g/mol. The summed E-state index contributed by atoms with van der Waals surface area (Å²) in [5.74, 6) is -1.42. The fraction of sp³-hybridized carbons (Fsp3) is 0.348. The summed E-state index contributed by atoms with van der Waals surface area (Å²) in [5, 5.41) is 2.72. The van der Waals surface area contributed by atoms with E-state index < -0.39 is 17.9 Å². The van der Waals surface area contributed by atoms with E-state index in [2.05, 4.69) is 34.9 Å². The van der Waals surface area contributed by atoms with E-state index in [0.717, 1.165) is 18.8 Å². The van der Waals surface area contributed by atoms with Gasteiger partial charge in [-0.15, -0.1) is 0 Å². The van der Waals surface area contributed by atoms with Crippen molar-refractivity contribution < 1.29 is 14.4 Å². The van der Waals surface area contributed by atoms with Crippen LogP contribution in [0.3, 0.4) is 0 Å².